The average Bonchev–Trinajstić information content (AvgIpc) is 2.81. The molecule has 0 heterocycles. The minimum Gasteiger partial charge on any atom is -0.504 e. The van der Waals surface area contributed by atoms with E-state index in [1.165, 1.54) is 96.6 Å². The number of carbonyl (C=O) groups is 1. The molecule has 0 fully saturated rings. The minimum absolute atomic E-state index is 0.129. The van der Waals surface area contributed by atoms with Gasteiger partial charge in [-0.3, -0.25) is 4.79 Å². The van der Waals surface area contributed by atoms with Gasteiger partial charge in [0, 0.05) is 6.42 Å². The highest BCUT2D eigenvalue weighted by atomic mass is 16.5. The first kappa shape index (κ1) is 29.1. The Morgan fingerprint density at radius 3 is 1.79 bits per heavy atom. The third kappa shape index (κ3) is 14.8. The summed E-state index contributed by atoms with van der Waals surface area (Å²) in [5.41, 5.74) is 0.834. The van der Waals surface area contributed by atoms with Crippen molar-refractivity contribution in [2.24, 2.45) is 0 Å². The Hall–Kier alpha value is -1.91. The van der Waals surface area contributed by atoms with Crippen LogP contribution < -0.4 is 4.74 Å². The molecule has 0 radical (unpaired) electrons. The van der Waals surface area contributed by atoms with Gasteiger partial charge >= 0.3 is 5.97 Å². The van der Waals surface area contributed by atoms with E-state index in [-0.39, 0.29) is 23.2 Å². The fourth-order valence-electron chi connectivity index (χ4n) is 4.12. The van der Waals surface area contributed by atoms with Gasteiger partial charge in [-0.25, -0.2) is 0 Å². The number of hydrogen-bond donors (Lipinski definition) is 2. The van der Waals surface area contributed by atoms with Gasteiger partial charge in [-0.15, -0.1) is 0 Å². The normalized spacial score (nSPS) is 11.0. The predicted octanol–water partition coefficient (Wildman–Crippen LogP) is 7.84. The smallest absolute Gasteiger partial charge is 0.305 e. The first-order valence-corrected chi connectivity index (χ1v) is 13.3. The maximum atomic E-state index is 11.9. The number of methoxy groups -OCH3 is 1. The zero-order valence-electron chi connectivity index (χ0n) is 21.2. The SMILES string of the molecule is CCCCCCCCCCCCCCCCCC(=O)OCCCc1cc(O)c(O)c(OC)c1. The summed E-state index contributed by atoms with van der Waals surface area (Å²) >= 11 is 0. The van der Waals surface area contributed by atoms with E-state index < -0.39 is 0 Å². The molecule has 1 aromatic carbocycles. The maximum absolute atomic E-state index is 11.9. The average molecular weight is 465 g/mol. The summed E-state index contributed by atoms with van der Waals surface area (Å²) in [6.07, 6.45) is 21.5. The molecule has 5 heteroatoms. The van der Waals surface area contributed by atoms with E-state index >= 15 is 0 Å². The molecular weight excluding hydrogens is 416 g/mol. The Kier molecular flexibility index (Phi) is 17.3. The van der Waals surface area contributed by atoms with E-state index in [4.69, 9.17) is 9.47 Å². The van der Waals surface area contributed by atoms with Crippen molar-refractivity contribution in [3.8, 4) is 17.2 Å². The van der Waals surface area contributed by atoms with Crippen LogP contribution in [0.4, 0.5) is 0 Å². The summed E-state index contributed by atoms with van der Waals surface area (Å²) in [5, 5.41) is 19.4. The Morgan fingerprint density at radius 2 is 1.27 bits per heavy atom. The number of aromatic hydroxyl groups is 2. The van der Waals surface area contributed by atoms with E-state index in [0.29, 0.717) is 25.9 Å². The van der Waals surface area contributed by atoms with E-state index in [9.17, 15) is 15.0 Å². The van der Waals surface area contributed by atoms with Crippen molar-refractivity contribution in [2.75, 3.05) is 13.7 Å². The van der Waals surface area contributed by atoms with E-state index in [1.54, 1.807) is 6.07 Å². The number of hydrogen-bond acceptors (Lipinski definition) is 5. The highest BCUT2D eigenvalue weighted by molar-refractivity contribution is 5.69. The predicted molar refractivity (Wildman–Crippen MR) is 135 cm³/mol. The second-order valence-electron chi connectivity index (χ2n) is 9.19. The second kappa shape index (κ2) is 19.5. The van der Waals surface area contributed by atoms with Gasteiger partial charge in [0.05, 0.1) is 13.7 Å². The summed E-state index contributed by atoms with van der Waals surface area (Å²) in [4.78, 5) is 11.9. The van der Waals surface area contributed by atoms with Crippen molar-refractivity contribution in [1.29, 1.82) is 0 Å². The molecule has 0 aromatic heterocycles. The molecule has 0 aliphatic heterocycles. The second-order valence-corrected chi connectivity index (χ2v) is 9.19. The van der Waals surface area contributed by atoms with Crippen LogP contribution in [0.3, 0.4) is 0 Å². The zero-order chi connectivity index (χ0) is 24.2. The van der Waals surface area contributed by atoms with E-state index in [0.717, 1.165) is 18.4 Å². The largest absolute Gasteiger partial charge is 0.504 e. The van der Waals surface area contributed by atoms with E-state index in [1.807, 2.05) is 0 Å². The van der Waals surface area contributed by atoms with Crippen molar-refractivity contribution in [3.05, 3.63) is 17.7 Å². The topological polar surface area (TPSA) is 76.0 Å². The molecule has 2 N–H and O–H groups in total. The number of unbranched alkanes of at least 4 members (excludes halogenated alkanes) is 14. The van der Waals surface area contributed by atoms with Crippen LogP contribution in [-0.2, 0) is 16.0 Å². The van der Waals surface area contributed by atoms with Crippen LogP contribution in [0.1, 0.15) is 122 Å². The number of benzene rings is 1. The van der Waals surface area contributed by atoms with E-state index in [2.05, 4.69) is 6.92 Å². The lowest BCUT2D eigenvalue weighted by molar-refractivity contribution is -0.143. The molecule has 0 saturated heterocycles. The number of ether oxygens (including phenoxy) is 2. The molecule has 1 aromatic rings. The number of aryl methyl sites for hydroxylation is 1. The van der Waals surface area contributed by atoms with Crippen LogP contribution in [0.15, 0.2) is 12.1 Å². The molecule has 1 rings (SSSR count). The number of esters is 1. The lowest BCUT2D eigenvalue weighted by Gasteiger charge is -2.09. The summed E-state index contributed by atoms with van der Waals surface area (Å²) < 4.78 is 10.3. The van der Waals surface area contributed by atoms with Crippen molar-refractivity contribution in [2.45, 2.75) is 122 Å². The van der Waals surface area contributed by atoms with Crippen LogP contribution in [-0.4, -0.2) is 29.9 Å². The van der Waals surface area contributed by atoms with Crippen LogP contribution in [0, 0.1) is 0 Å². The monoisotopic (exact) mass is 464 g/mol. The van der Waals surface area contributed by atoms with Gasteiger partial charge in [-0.1, -0.05) is 96.8 Å². The standard InChI is InChI=1S/C28H48O5/c1-3-4-5-6-7-8-9-10-11-12-13-14-15-16-17-20-27(30)33-21-18-19-24-22-25(29)28(31)26(23-24)32-2/h22-23,29,31H,3-21H2,1-2H3. The Balaban J connectivity index is 1.89. The molecule has 5 nitrogen and oxygen atoms in total. The minimum atomic E-state index is -0.254. The lowest BCUT2D eigenvalue weighted by atomic mass is 10.0. The van der Waals surface area contributed by atoms with Gasteiger partial charge in [0.1, 0.15) is 0 Å². The molecule has 0 bridgehead atoms. The highest BCUT2D eigenvalue weighted by Gasteiger charge is 2.10. The summed E-state index contributed by atoms with van der Waals surface area (Å²) in [6, 6.07) is 3.20. The Bertz CT molecular complexity index is 629. The molecule has 0 aliphatic rings. The Morgan fingerprint density at radius 1 is 0.758 bits per heavy atom. The summed E-state index contributed by atoms with van der Waals surface area (Å²) in [7, 11) is 1.44. The van der Waals surface area contributed by atoms with Crippen molar-refractivity contribution >= 4 is 5.97 Å². The molecule has 0 spiro atoms. The number of phenols is 2. The first-order chi connectivity index (χ1) is 16.1. The van der Waals surface area contributed by atoms with Gasteiger partial charge < -0.3 is 19.7 Å². The molecular formula is C28H48O5. The molecule has 33 heavy (non-hydrogen) atoms. The maximum Gasteiger partial charge on any atom is 0.305 e. The summed E-state index contributed by atoms with van der Waals surface area (Å²) in [6.45, 7) is 2.63. The molecule has 190 valence electrons. The van der Waals surface area contributed by atoms with Gasteiger partial charge in [0.25, 0.3) is 0 Å². The third-order valence-electron chi connectivity index (χ3n) is 6.19. The third-order valence-corrected chi connectivity index (χ3v) is 6.19. The number of carbonyl (C=O) groups excluding carboxylic acids is 1. The quantitative estimate of drug-likeness (QED) is 0.110. The van der Waals surface area contributed by atoms with Crippen LogP contribution in [0.25, 0.3) is 0 Å². The molecule has 0 unspecified atom stereocenters. The van der Waals surface area contributed by atoms with Crippen molar-refractivity contribution in [3.63, 3.8) is 0 Å². The zero-order valence-corrected chi connectivity index (χ0v) is 21.2. The fourth-order valence-corrected chi connectivity index (χ4v) is 4.12. The van der Waals surface area contributed by atoms with Gasteiger partial charge in [0.2, 0.25) is 5.75 Å². The lowest BCUT2D eigenvalue weighted by Crippen LogP contribution is -2.06. The van der Waals surface area contributed by atoms with Crippen molar-refractivity contribution < 1.29 is 24.5 Å². The number of rotatable bonds is 21. The van der Waals surface area contributed by atoms with Crippen LogP contribution >= 0.6 is 0 Å². The molecule has 0 saturated carbocycles. The van der Waals surface area contributed by atoms with Crippen LogP contribution in [0.5, 0.6) is 17.2 Å². The van der Waals surface area contributed by atoms with Gasteiger partial charge in [-0.05, 0) is 37.0 Å². The highest BCUT2D eigenvalue weighted by Crippen LogP contribution is 2.36. The Labute approximate surface area is 201 Å². The summed E-state index contributed by atoms with van der Waals surface area (Å²) in [5.74, 6) is -0.336. The first-order valence-electron chi connectivity index (χ1n) is 13.3. The fraction of sp³-hybridized carbons (Fsp3) is 0.750. The van der Waals surface area contributed by atoms with Gasteiger partial charge in [0.15, 0.2) is 11.5 Å². The van der Waals surface area contributed by atoms with Gasteiger partial charge in [-0.2, -0.15) is 0 Å². The molecule has 0 amide bonds. The molecule has 0 aliphatic carbocycles. The number of phenolic OH excluding ortho intramolecular Hbond substituents is 2. The molecule has 0 atom stereocenters. The van der Waals surface area contributed by atoms with Crippen LogP contribution in [0.2, 0.25) is 0 Å². The van der Waals surface area contributed by atoms with Crippen molar-refractivity contribution in [1.82, 2.24) is 0 Å².